The predicted octanol–water partition coefficient (Wildman–Crippen LogP) is 2.82. The van der Waals surface area contributed by atoms with Gasteiger partial charge in [-0.25, -0.2) is 0 Å². The number of nitriles is 1. The van der Waals surface area contributed by atoms with Gasteiger partial charge >= 0.3 is 0 Å². The van der Waals surface area contributed by atoms with E-state index in [4.69, 9.17) is 9.47 Å². The minimum Gasteiger partial charge on any atom is -0.496 e. The number of benzene rings is 1. The van der Waals surface area contributed by atoms with Crippen LogP contribution in [0.2, 0.25) is 0 Å². The van der Waals surface area contributed by atoms with E-state index in [1.165, 1.54) is 0 Å². The molecule has 6 nitrogen and oxygen atoms in total. The van der Waals surface area contributed by atoms with Crippen molar-refractivity contribution >= 4 is 29.0 Å². The molecule has 1 fully saturated rings. The number of rotatable bonds is 6. The molecule has 2 aromatic rings. The maximum absolute atomic E-state index is 12.3. The van der Waals surface area contributed by atoms with E-state index < -0.39 is 5.91 Å². The molecule has 0 unspecified atom stereocenters. The summed E-state index contributed by atoms with van der Waals surface area (Å²) in [4.78, 5) is 15.6. The number of nitrogens with one attached hydrogen (secondary N) is 1. The van der Waals surface area contributed by atoms with Crippen LogP contribution < -0.4 is 15.0 Å². The fraction of sp³-hybridized carbons (Fsp3) is 0.300. The first-order valence-electron chi connectivity index (χ1n) is 8.64. The number of amides is 1. The first-order chi connectivity index (χ1) is 13.2. The second-order valence-corrected chi connectivity index (χ2v) is 6.99. The summed E-state index contributed by atoms with van der Waals surface area (Å²) < 4.78 is 10.9. The summed E-state index contributed by atoms with van der Waals surface area (Å²) >= 11 is 1.56. The van der Waals surface area contributed by atoms with Crippen LogP contribution in [0.3, 0.4) is 0 Å². The lowest BCUT2D eigenvalue weighted by Crippen LogP contribution is -2.36. The predicted molar refractivity (Wildman–Crippen MR) is 106 cm³/mol. The lowest BCUT2D eigenvalue weighted by molar-refractivity contribution is -0.117. The minimum atomic E-state index is -0.398. The van der Waals surface area contributed by atoms with Gasteiger partial charge in [0.25, 0.3) is 5.91 Å². The Labute approximate surface area is 162 Å². The van der Waals surface area contributed by atoms with Crippen molar-refractivity contribution in [3.63, 3.8) is 0 Å². The molecule has 2 heterocycles. The summed E-state index contributed by atoms with van der Waals surface area (Å²) in [6.45, 7) is 3.46. The number of hydrogen-bond donors (Lipinski definition) is 1. The molecule has 0 saturated carbocycles. The highest BCUT2D eigenvalue weighted by Gasteiger charge is 2.15. The van der Waals surface area contributed by atoms with Gasteiger partial charge in [0.15, 0.2) is 0 Å². The molecule has 27 heavy (non-hydrogen) atoms. The van der Waals surface area contributed by atoms with Crippen LogP contribution in [0.5, 0.6) is 5.75 Å². The van der Waals surface area contributed by atoms with Gasteiger partial charge in [-0.15, -0.1) is 11.3 Å². The van der Waals surface area contributed by atoms with Crippen molar-refractivity contribution in [2.75, 3.05) is 38.3 Å². The summed E-state index contributed by atoms with van der Waals surface area (Å²) in [5.74, 6) is 0.225. The Morgan fingerprint density at radius 2 is 2.22 bits per heavy atom. The van der Waals surface area contributed by atoms with E-state index >= 15 is 0 Å². The second kappa shape index (κ2) is 9.21. The molecule has 0 aliphatic carbocycles. The van der Waals surface area contributed by atoms with E-state index in [1.54, 1.807) is 24.5 Å². The number of thiophene rings is 1. The van der Waals surface area contributed by atoms with Gasteiger partial charge in [-0.3, -0.25) is 4.79 Å². The smallest absolute Gasteiger partial charge is 0.262 e. The molecule has 0 radical (unpaired) electrons. The third-order valence-electron chi connectivity index (χ3n) is 4.26. The van der Waals surface area contributed by atoms with Crippen LogP contribution in [0.4, 0.5) is 5.69 Å². The zero-order valence-electron chi connectivity index (χ0n) is 15.1. The molecule has 1 N–H and O–H groups in total. The fourth-order valence-corrected chi connectivity index (χ4v) is 3.46. The number of anilines is 1. The van der Waals surface area contributed by atoms with Crippen molar-refractivity contribution in [2.24, 2.45) is 0 Å². The second-order valence-electron chi connectivity index (χ2n) is 5.96. The Kier molecular flexibility index (Phi) is 6.47. The van der Waals surface area contributed by atoms with E-state index in [0.29, 0.717) is 31.1 Å². The molecular weight excluding hydrogens is 362 g/mol. The topological polar surface area (TPSA) is 74.6 Å². The lowest BCUT2D eigenvalue weighted by Gasteiger charge is -2.29. The van der Waals surface area contributed by atoms with Crippen molar-refractivity contribution < 1.29 is 14.3 Å². The van der Waals surface area contributed by atoms with Crippen molar-refractivity contribution in [2.45, 2.75) is 6.54 Å². The van der Waals surface area contributed by atoms with Crippen LogP contribution in [0.1, 0.15) is 10.4 Å². The normalized spacial score (nSPS) is 14.5. The molecule has 140 valence electrons. The number of carbonyl (C=O) groups excluding carboxylic acids is 1. The standard InChI is InChI=1S/C20H21N3O3S/c1-25-19-12-17(23-6-8-26-9-7-23)5-4-15(19)11-16(13-21)20(24)22-14-18-3-2-10-27-18/h2-5,10-12H,6-9,14H2,1H3,(H,22,24)/b16-11-. The Morgan fingerprint density at radius 1 is 1.41 bits per heavy atom. The van der Waals surface area contributed by atoms with Gasteiger partial charge in [0.2, 0.25) is 0 Å². The molecular formula is C20H21N3O3S. The number of nitrogens with zero attached hydrogens (tertiary/aromatic N) is 2. The highest BCUT2D eigenvalue weighted by molar-refractivity contribution is 7.09. The average Bonchev–Trinajstić information content (AvgIpc) is 3.24. The maximum Gasteiger partial charge on any atom is 0.262 e. The largest absolute Gasteiger partial charge is 0.496 e. The van der Waals surface area contributed by atoms with E-state index in [1.807, 2.05) is 41.8 Å². The number of ether oxygens (including phenoxy) is 2. The maximum atomic E-state index is 12.3. The molecule has 3 rings (SSSR count). The Balaban J connectivity index is 1.76. The number of morpholine rings is 1. The van der Waals surface area contributed by atoms with Crippen molar-refractivity contribution in [3.05, 3.63) is 51.7 Å². The Bertz CT molecular complexity index is 850. The Hall–Kier alpha value is -2.82. The zero-order valence-corrected chi connectivity index (χ0v) is 15.9. The van der Waals surface area contributed by atoms with Crippen LogP contribution in [0.15, 0.2) is 41.3 Å². The molecule has 1 aliphatic rings. The van der Waals surface area contributed by atoms with Crippen LogP contribution in [0, 0.1) is 11.3 Å². The number of methoxy groups -OCH3 is 1. The summed E-state index contributed by atoms with van der Waals surface area (Å²) in [7, 11) is 1.58. The summed E-state index contributed by atoms with van der Waals surface area (Å²) in [5, 5.41) is 14.1. The monoisotopic (exact) mass is 383 g/mol. The lowest BCUT2D eigenvalue weighted by atomic mass is 10.1. The van der Waals surface area contributed by atoms with Gasteiger partial charge in [-0.2, -0.15) is 5.26 Å². The molecule has 1 amide bonds. The molecule has 1 aromatic carbocycles. The van der Waals surface area contributed by atoms with Crippen LogP contribution in [-0.2, 0) is 16.1 Å². The van der Waals surface area contributed by atoms with Crippen LogP contribution in [0.25, 0.3) is 6.08 Å². The first-order valence-corrected chi connectivity index (χ1v) is 9.52. The van der Waals surface area contributed by atoms with Gasteiger partial charge in [0.1, 0.15) is 17.4 Å². The summed E-state index contributed by atoms with van der Waals surface area (Å²) in [5.41, 5.74) is 1.77. The van der Waals surface area contributed by atoms with E-state index in [9.17, 15) is 10.1 Å². The van der Waals surface area contributed by atoms with Gasteiger partial charge in [0.05, 0.1) is 26.9 Å². The highest BCUT2D eigenvalue weighted by Crippen LogP contribution is 2.28. The van der Waals surface area contributed by atoms with Crippen LogP contribution in [-0.4, -0.2) is 39.3 Å². The van der Waals surface area contributed by atoms with Gasteiger partial charge in [0, 0.05) is 35.3 Å². The average molecular weight is 383 g/mol. The van der Waals surface area contributed by atoms with E-state index in [2.05, 4.69) is 10.2 Å². The molecule has 7 heteroatoms. The third kappa shape index (κ3) is 4.88. The molecule has 0 bridgehead atoms. The van der Waals surface area contributed by atoms with Gasteiger partial charge in [-0.05, 0) is 29.7 Å². The highest BCUT2D eigenvalue weighted by atomic mass is 32.1. The fourth-order valence-electron chi connectivity index (χ4n) is 2.82. The van der Waals surface area contributed by atoms with Crippen molar-refractivity contribution in [3.8, 4) is 11.8 Å². The SMILES string of the molecule is COc1cc(N2CCOCC2)ccc1/C=C(/C#N)C(=O)NCc1cccs1. The third-order valence-corrected chi connectivity index (χ3v) is 5.14. The quantitative estimate of drug-likeness (QED) is 0.613. The van der Waals surface area contributed by atoms with Crippen molar-refractivity contribution in [1.29, 1.82) is 5.26 Å². The molecule has 0 atom stereocenters. The minimum absolute atomic E-state index is 0.0454. The molecule has 0 spiro atoms. The zero-order chi connectivity index (χ0) is 19.1. The summed E-state index contributed by atoms with van der Waals surface area (Å²) in [6, 6.07) is 11.6. The van der Waals surface area contributed by atoms with Crippen molar-refractivity contribution in [1.82, 2.24) is 5.32 Å². The number of carbonyl (C=O) groups is 1. The van der Waals surface area contributed by atoms with E-state index in [-0.39, 0.29) is 5.57 Å². The van der Waals surface area contributed by atoms with Gasteiger partial charge < -0.3 is 19.7 Å². The molecule has 1 aliphatic heterocycles. The molecule has 1 saturated heterocycles. The Morgan fingerprint density at radius 3 is 2.89 bits per heavy atom. The number of hydrogen-bond acceptors (Lipinski definition) is 6. The van der Waals surface area contributed by atoms with E-state index in [0.717, 1.165) is 23.7 Å². The van der Waals surface area contributed by atoms with Gasteiger partial charge in [-0.1, -0.05) is 6.07 Å². The van der Waals surface area contributed by atoms with Crippen LogP contribution >= 0.6 is 11.3 Å². The molecule has 1 aromatic heterocycles. The summed E-state index contributed by atoms with van der Waals surface area (Å²) in [6.07, 6.45) is 1.56. The first kappa shape index (κ1) is 19.0.